The van der Waals surface area contributed by atoms with Gasteiger partial charge in [-0.15, -0.1) is 0 Å². The lowest BCUT2D eigenvalue weighted by Gasteiger charge is -2.26. The summed E-state index contributed by atoms with van der Waals surface area (Å²) in [5.41, 5.74) is 2.62. The number of anilines is 1. The molecule has 108 valence electrons. The van der Waals surface area contributed by atoms with Crippen molar-refractivity contribution in [2.75, 3.05) is 24.5 Å². The average Bonchev–Trinajstić information content (AvgIpc) is 2.33. The van der Waals surface area contributed by atoms with Gasteiger partial charge in [0, 0.05) is 18.8 Å². The number of rotatable bonds is 6. The highest BCUT2D eigenvalue weighted by atomic mass is 19.4. The van der Waals surface area contributed by atoms with E-state index < -0.39 is 12.7 Å². The van der Waals surface area contributed by atoms with Gasteiger partial charge in [-0.25, -0.2) is 0 Å². The molecule has 0 aliphatic rings. The third kappa shape index (κ3) is 5.11. The topological polar surface area (TPSA) is 15.3 Å². The highest BCUT2D eigenvalue weighted by Gasteiger charge is 2.30. The second-order valence-corrected chi connectivity index (χ2v) is 4.53. The molecule has 0 aliphatic heterocycles. The molecule has 0 unspecified atom stereocenters. The number of alkyl halides is 3. The maximum absolute atomic E-state index is 12.5. The number of hydrogen-bond donors (Lipinski definition) is 1. The zero-order valence-electron chi connectivity index (χ0n) is 11.6. The van der Waals surface area contributed by atoms with Crippen LogP contribution in [0.15, 0.2) is 18.2 Å². The standard InChI is InChI=1S/C14H21F3N2/c1-4-18-9-12-6-7-13(11(3)8-12)19(5-2)10-14(15,16)17/h6-8,18H,4-5,9-10H2,1-3H3. The number of benzene rings is 1. The third-order valence-corrected chi connectivity index (χ3v) is 2.93. The maximum atomic E-state index is 12.5. The number of aryl methyl sites for hydroxylation is 1. The fraction of sp³-hybridized carbons (Fsp3) is 0.571. The Morgan fingerprint density at radius 2 is 1.89 bits per heavy atom. The van der Waals surface area contributed by atoms with Crippen molar-refractivity contribution in [1.29, 1.82) is 0 Å². The van der Waals surface area contributed by atoms with Crippen molar-refractivity contribution >= 4 is 5.69 Å². The fourth-order valence-corrected chi connectivity index (χ4v) is 2.04. The summed E-state index contributed by atoms with van der Waals surface area (Å²) in [6.07, 6.45) is -4.18. The van der Waals surface area contributed by atoms with Gasteiger partial charge < -0.3 is 10.2 Å². The lowest BCUT2D eigenvalue weighted by molar-refractivity contribution is -0.119. The van der Waals surface area contributed by atoms with Crippen LogP contribution in [0, 0.1) is 6.92 Å². The van der Waals surface area contributed by atoms with Crippen molar-refractivity contribution in [3.8, 4) is 0 Å². The van der Waals surface area contributed by atoms with Crippen LogP contribution in [-0.2, 0) is 6.54 Å². The molecule has 1 rings (SSSR count). The first-order valence-electron chi connectivity index (χ1n) is 6.49. The Balaban J connectivity index is 2.87. The van der Waals surface area contributed by atoms with Crippen molar-refractivity contribution in [3.63, 3.8) is 0 Å². The maximum Gasteiger partial charge on any atom is 0.405 e. The van der Waals surface area contributed by atoms with Crippen molar-refractivity contribution < 1.29 is 13.2 Å². The van der Waals surface area contributed by atoms with Gasteiger partial charge in [-0.3, -0.25) is 0 Å². The number of hydrogen-bond acceptors (Lipinski definition) is 2. The first kappa shape index (κ1) is 15.8. The van der Waals surface area contributed by atoms with Gasteiger partial charge in [0.2, 0.25) is 0 Å². The molecule has 1 aromatic rings. The third-order valence-electron chi connectivity index (χ3n) is 2.93. The van der Waals surface area contributed by atoms with Crippen molar-refractivity contribution in [3.05, 3.63) is 29.3 Å². The molecule has 0 radical (unpaired) electrons. The van der Waals surface area contributed by atoms with E-state index in [1.165, 1.54) is 4.90 Å². The molecule has 0 heterocycles. The molecule has 0 bridgehead atoms. The van der Waals surface area contributed by atoms with E-state index in [2.05, 4.69) is 5.32 Å². The van der Waals surface area contributed by atoms with Crippen LogP contribution in [0.5, 0.6) is 0 Å². The molecule has 0 fully saturated rings. The van der Waals surface area contributed by atoms with Gasteiger partial charge in [0.1, 0.15) is 6.54 Å². The zero-order chi connectivity index (χ0) is 14.5. The number of nitrogens with one attached hydrogen (secondary N) is 1. The van der Waals surface area contributed by atoms with Gasteiger partial charge in [0.15, 0.2) is 0 Å². The lowest BCUT2D eigenvalue weighted by atomic mass is 10.1. The Bertz CT molecular complexity index is 402. The highest BCUT2D eigenvalue weighted by Crippen LogP contribution is 2.25. The highest BCUT2D eigenvalue weighted by molar-refractivity contribution is 5.54. The smallest absolute Gasteiger partial charge is 0.363 e. The Hall–Kier alpha value is -1.23. The van der Waals surface area contributed by atoms with E-state index in [0.717, 1.165) is 24.2 Å². The molecule has 0 spiro atoms. The second-order valence-electron chi connectivity index (χ2n) is 4.53. The predicted molar refractivity (Wildman–Crippen MR) is 72.5 cm³/mol. The normalized spacial score (nSPS) is 11.7. The van der Waals surface area contributed by atoms with E-state index in [9.17, 15) is 13.2 Å². The van der Waals surface area contributed by atoms with E-state index in [1.54, 1.807) is 13.0 Å². The monoisotopic (exact) mass is 274 g/mol. The van der Waals surface area contributed by atoms with Crippen LogP contribution in [0.4, 0.5) is 18.9 Å². The summed E-state index contributed by atoms with van der Waals surface area (Å²) in [5.74, 6) is 0. The molecule has 1 aromatic carbocycles. The van der Waals surface area contributed by atoms with Crippen LogP contribution < -0.4 is 10.2 Å². The van der Waals surface area contributed by atoms with Crippen molar-refractivity contribution in [1.82, 2.24) is 5.32 Å². The molecule has 5 heteroatoms. The van der Waals surface area contributed by atoms with Gasteiger partial charge >= 0.3 is 6.18 Å². The lowest BCUT2D eigenvalue weighted by Crippen LogP contribution is -2.34. The fourth-order valence-electron chi connectivity index (χ4n) is 2.04. The van der Waals surface area contributed by atoms with Crippen LogP contribution in [-0.4, -0.2) is 25.8 Å². The van der Waals surface area contributed by atoms with Gasteiger partial charge in [-0.2, -0.15) is 13.2 Å². The SMILES string of the molecule is CCNCc1ccc(N(CC)CC(F)(F)F)c(C)c1. The van der Waals surface area contributed by atoms with E-state index in [4.69, 9.17) is 0 Å². The first-order chi connectivity index (χ1) is 8.87. The van der Waals surface area contributed by atoms with Crippen LogP contribution in [0.3, 0.4) is 0 Å². The van der Waals surface area contributed by atoms with Crippen molar-refractivity contribution in [2.24, 2.45) is 0 Å². The number of halogens is 3. The molecule has 0 amide bonds. The minimum Gasteiger partial charge on any atom is -0.363 e. The van der Waals surface area contributed by atoms with Gasteiger partial charge in [0.25, 0.3) is 0 Å². The largest absolute Gasteiger partial charge is 0.405 e. The summed E-state index contributed by atoms with van der Waals surface area (Å²) in [7, 11) is 0. The van der Waals surface area contributed by atoms with Crippen LogP contribution >= 0.6 is 0 Å². The Kier molecular flexibility index (Phi) is 5.66. The first-order valence-corrected chi connectivity index (χ1v) is 6.49. The van der Waals surface area contributed by atoms with Crippen LogP contribution in [0.1, 0.15) is 25.0 Å². The molecule has 0 aliphatic carbocycles. The molecule has 0 aromatic heterocycles. The Morgan fingerprint density at radius 1 is 1.21 bits per heavy atom. The summed E-state index contributed by atoms with van der Waals surface area (Å²) < 4.78 is 37.5. The molecule has 0 atom stereocenters. The van der Waals surface area contributed by atoms with E-state index >= 15 is 0 Å². The molecular weight excluding hydrogens is 253 g/mol. The minimum atomic E-state index is -4.18. The summed E-state index contributed by atoms with van der Waals surface area (Å²) in [4.78, 5) is 1.35. The molecule has 19 heavy (non-hydrogen) atoms. The quantitative estimate of drug-likeness (QED) is 0.854. The summed E-state index contributed by atoms with van der Waals surface area (Å²) in [5, 5.41) is 3.20. The van der Waals surface area contributed by atoms with E-state index in [0.29, 0.717) is 12.2 Å². The Labute approximate surface area is 112 Å². The summed E-state index contributed by atoms with van der Waals surface area (Å²) in [6, 6.07) is 5.60. The van der Waals surface area contributed by atoms with E-state index in [1.807, 2.05) is 26.0 Å². The zero-order valence-corrected chi connectivity index (χ0v) is 11.6. The van der Waals surface area contributed by atoms with Crippen LogP contribution in [0.2, 0.25) is 0 Å². The van der Waals surface area contributed by atoms with Gasteiger partial charge in [0.05, 0.1) is 0 Å². The van der Waals surface area contributed by atoms with Crippen molar-refractivity contribution in [2.45, 2.75) is 33.5 Å². The molecule has 0 saturated carbocycles. The predicted octanol–water partition coefficient (Wildman–Crippen LogP) is 3.49. The molecule has 1 N–H and O–H groups in total. The molecule has 0 saturated heterocycles. The number of nitrogens with zero attached hydrogens (tertiary/aromatic N) is 1. The Morgan fingerprint density at radius 3 is 2.37 bits per heavy atom. The summed E-state index contributed by atoms with van der Waals surface area (Å²) >= 11 is 0. The van der Waals surface area contributed by atoms with Gasteiger partial charge in [-0.1, -0.05) is 19.1 Å². The average molecular weight is 274 g/mol. The van der Waals surface area contributed by atoms with Crippen LogP contribution in [0.25, 0.3) is 0 Å². The minimum absolute atomic E-state index is 0.340. The molecule has 2 nitrogen and oxygen atoms in total. The van der Waals surface area contributed by atoms with Gasteiger partial charge in [-0.05, 0) is 37.6 Å². The van der Waals surface area contributed by atoms with E-state index in [-0.39, 0.29) is 0 Å². The molecular formula is C14H21F3N2. The summed E-state index contributed by atoms with van der Waals surface area (Å²) in [6.45, 7) is 6.65. The second kappa shape index (κ2) is 6.80.